The summed E-state index contributed by atoms with van der Waals surface area (Å²) in [5.41, 5.74) is 1.44. The van der Waals surface area contributed by atoms with Gasteiger partial charge in [-0.25, -0.2) is 9.37 Å². The first kappa shape index (κ1) is 17.2. The largest absolute Gasteiger partial charge is 0.344 e. The van der Waals surface area contributed by atoms with Crippen molar-refractivity contribution in [2.75, 3.05) is 0 Å². The van der Waals surface area contributed by atoms with Gasteiger partial charge >= 0.3 is 0 Å². The van der Waals surface area contributed by atoms with Crippen molar-refractivity contribution in [2.45, 2.75) is 19.9 Å². The molecule has 0 aliphatic carbocycles. The lowest BCUT2D eigenvalue weighted by molar-refractivity contribution is 0.0934. The fourth-order valence-corrected chi connectivity index (χ4v) is 2.57. The fourth-order valence-electron chi connectivity index (χ4n) is 2.02. The number of halogens is 3. The standard InChI is InChI=1S/C16H12Cl2FN3O/c1-8-10(7-20)3-4-15(21-8)16(23)22-9(2)11-5-14(19)13(18)6-12(11)17/h3-6,9H,1-2H3,(H,22,23). The molecule has 0 saturated carbocycles. The van der Waals surface area contributed by atoms with Gasteiger partial charge < -0.3 is 5.32 Å². The van der Waals surface area contributed by atoms with E-state index >= 15 is 0 Å². The molecule has 1 heterocycles. The third-order valence-electron chi connectivity index (χ3n) is 3.29. The molecule has 1 unspecified atom stereocenters. The van der Waals surface area contributed by atoms with Crippen molar-refractivity contribution in [3.8, 4) is 6.07 Å². The van der Waals surface area contributed by atoms with Crippen molar-refractivity contribution in [1.82, 2.24) is 10.3 Å². The zero-order valence-corrected chi connectivity index (χ0v) is 13.8. The molecule has 0 saturated heterocycles. The summed E-state index contributed by atoms with van der Waals surface area (Å²) in [4.78, 5) is 16.3. The van der Waals surface area contributed by atoms with Crippen molar-refractivity contribution in [1.29, 1.82) is 5.26 Å². The Labute approximate surface area is 142 Å². The average molecular weight is 352 g/mol. The van der Waals surface area contributed by atoms with E-state index < -0.39 is 17.8 Å². The molecule has 0 aliphatic rings. The topological polar surface area (TPSA) is 65.8 Å². The lowest BCUT2D eigenvalue weighted by Gasteiger charge is -2.16. The Bertz CT molecular complexity index is 818. The van der Waals surface area contributed by atoms with Crippen LogP contribution in [0, 0.1) is 24.1 Å². The van der Waals surface area contributed by atoms with Crippen LogP contribution in [0.25, 0.3) is 0 Å². The number of carbonyl (C=O) groups is 1. The maximum Gasteiger partial charge on any atom is 0.270 e. The average Bonchev–Trinajstić information content (AvgIpc) is 2.50. The third-order valence-corrected chi connectivity index (χ3v) is 3.91. The predicted octanol–water partition coefficient (Wildman–Crippen LogP) is 4.20. The van der Waals surface area contributed by atoms with Gasteiger partial charge in [-0.3, -0.25) is 4.79 Å². The Kier molecular flexibility index (Phi) is 5.19. The van der Waals surface area contributed by atoms with E-state index in [1.807, 2.05) is 6.07 Å². The molecule has 0 radical (unpaired) electrons. The first-order valence-electron chi connectivity index (χ1n) is 6.66. The number of rotatable bonds is 3. The molecular weight excluding hydrogens is 340 g/mol. The van der Waals surface area contributed by atoms with Crippen molar-refractivity contribution >= 4 is 29.1 Å². The number of nitrogens with zero attached hydrogens (tertiary/aromatic N) is 2. The van der Waals surface area contributed by atoms with Gasteiger partial charge in [0.1, 0.15) is 17.6 Å². The van der Waals surface area contributed by atoms with E-state index in [4.69, 9.17) is 28.5 Å². The second-order valence-electron chi connectivity index (χ2n) is 4.92. The molecule has 2 aromatic rings. The highest BCUT2D eigenvalue weighted by atomic mass is 35.5. The molecule has 1 atom stereocenters. The smallest absolute Gasteiger partial charge is 0.270 e. The Morgan fingerprint density at radius 2 is 2.04 bits per heavy atom. The van der Waals surface area contributed by atoms with Crippen LogP contribution in [-0.2, 0) is 0 Å². The second kappa shape index (κ2) is 6.95. The van der Waals surface area contributed by atoms with E-state index in [1.165, 1.54) is 24.3 Å². The molecule has 0 aliphatic heterocycles. The van der Waals surface area contributed by atoms with Crippen molar-refractivity contribution in [3.05, 3.63) is 62.6 Å². The van der Waals surface area contributed by atoms with Crippen LogP contribution in [0.2, 0.25) is 10.0 Å². The van der Waals surface area contributed by atoms with Crippen LogP contribution in [0.5, 0.6) is 0 Å². The quantitative estimate of drug-likeness (QED) is 0.842. The minimum absolute atomic E-state index is 0.0818. The summed E-state index contributed by atoms with van der Waals surface area (Å²) in [6, 6.07) is 6.90. The monoisotopic (exact) mass is 351 g/mol. The Morgan fingerprint density at radius 1 is 1.35 bits per heavy atom. The summed E-state index contributed by atoms with van der Waals surface area (Å²) in [5, 5.41) is 11.7. The van der Waals surface area contributed by atoms with Crippen LogP contribution in [0.1, 0.15) is 40.3 Å². The predicted molar refractivity (Wildman–Crippen MR) is 86.0 cm³/mol. The zero-order valence-electron chi connectivity index (χ0n) is 12.3. The molecule has 0 spiro atoms. The molecule has 1 aromatic heterocycles. The molecule has 0 fully saturated rings. The lowest BCUT2D eigenvalue weighted by atomic mass is 10.1. The zero-order chi connectivity index (χ0) is 17.1. The lowest BCUT2D eigenvalue weighted by Crippen LogP contribution is -2.28. The van der Waals surface area contributed by atoms with Gasteiger partial charge in [-0.1, -0.05) is 23.2 Å². The first-order chi connectivity index (χ1) is 10.8. The summed E-state index contributed by atoms with van der Waals surface area (Å²) >= 11 is 11.7. The molecule has 23 heavy (non-hydrogen) atoms. The van der Waals surface area contributed by atoms with Crippen LogP contribution in [0.3, 0.4) is 0 Å². The number of nitriles is 1. The second-order valence-corrected chi connectivity index (χ2v) is 5.74. The van der Waals surface area contributed by atoms with Gasteiger partial charge in [0, 0.05) is 5.02 Å². The SMILES string of the molecule is Cc1nc(C(=O)NC(C)c2cc(F)c(Cl)cc2Cl)ccc1C#N. The van der Waals surface area contributed by atoms with Gasteiger partial charge in [-0.05, 0) is 43.7 Å². The molecule has 1 aromatic carbocycles. The van der Waals surface area contributed by atoms with Gasteiger partial charge in [0.15, 0.2) is 0 Å². The van der Waals surface area contributed by atoms with Crippen LogP contribution in [-0.4, -0.2) is 10.9 Å². The van der Waals surface area contributed by atoms with Gasteiger partial charge in [-0.2, -0.15) is 5.26 Å². The summed E-state index contributed by atoms with van der Waals surface area (Å²) in [6.07, 6.45) is 0. The van der Waals surface area contributed by atoms with E-state index in [9.17, 15) is 9.18 Å². The molecule has 1 amide bonds. The van der Waals surface area contributed by atoms with Gasteiger partial charge in [0.05, 0.1) is 22.3 Å². The number of aryl methyl sites for hydroxylation is 1. The van der Waals surface area contributed by atoms with Crippen LogP contribution in [0.15, 0.2) is 24.3 Å². The van der Waals surface area contributed by atoms with Crippen LogP contribution >= 0.6 is 23.2 Å². The molecular formula is C16H12Cl2FN3O. The van der Waals surface area contributed by atoms with Crippen molar-refractivity contribution in [3.63, 3.8) is 0 Å². The van der Waals surface area contributed by atoms with E-state index in [2.05, 4.69) is 10.3 Å². The maximum absolute atomic E-state index is 13.6. The molecule has 0 bridgehead atoms. The number of pyridine rings is 1. The summed E-state index contributed by atoms with van der Waals surface area (Å²) in [6.45, 7) is 3.31. The number of carbonyl (C=O) groups excluding carboxylic acids is 1. The van der Waals surface area contributed by atoms with Crippen LogP contribution in [0.4, 0.5) is 4.39 Å². The van der Waals surface area contributed by atoms with Gasteiger partial charge in [-0.15, -0.1) is 0 Å². The minimum Gasteiger partial charge on any atom is -0.344 e. The van der Waals surface area contributed by atoms with Crippen LogP contribution < -0.4 is 5.32 Å². The fraction of sp³-hybridized carbons (Fsp3) is 0.188. The molecule has 4 nitrogen and oxygen atoms in total. The molecule has 2 rings (SSSR count). The number of aromatic nitrogens is 1. The number of amides is 1. The number of benzene rings is 1. The Morgan fingerprint density at radius 3 is 2.65 bits per heavy atom. The van der Waals surface area contributed by atoms with E-state index in [1.54, 1.807) is 13.8 Å². The maximum atomic E-state index is 13.6. The highest BCUT2D eigenvalue weighted by Crippen LogP contribution is 2.28. The molecule has 118 valence electrons. The van der Waals surface area contributed by atoms with E-state index in [0.29, 0.717) is 16.8 Å². The molecule has 7 heteroatoms. The normalized spacial score (nSPS) is 11.7. The summed E-state index contributed by atoms with van der Waals surface area (Å²) in [7, 11) is 0. The Hall–Kier alpha value is -2.16. The van der Waals surface area contributed by atoms with Crippen molar-refractivity contribution in [2.24, 2.45) is 0 Å². The summed E-state index contributed by atoms with van der Waals surface area (Å²) in [5.74, 6) is -1.06. The van der Waals surface area contributed by atoms with Gasteiger partial charge in [0.2, 0.25) is 0 Å². The molecule has 1 N–H and O–H groups in total. The van der Waals surface area contributed by atoms with E-state index in [0.717, 1.165) is 0 Å². The summed E-state index contributed by atoms with van der Waals surface area (Å²) < 4.78 is 13.6. The van der Waals surface area contributed by atoms with Gasteiger partial charge in [0.25, 0.3) is 5.91 Å². The first-order valence-corrected chi connectivity index (χ1v) is 7.42. The van der Waals surface area contributed by atoms with E-state index in [-0.39, 0.29) is 15.7 Å². The number of nitrogens with one attached hydrogen (secondary N) is 1. The minimum atomic E-state index is -0.612. The highest BCUT2D eigenvalue weighted by Gasteiger charge is 2.17. The highest BCUT2D eigenvalue weighted by molar-refractivity contribution is 6.35. The Balaban J connectivity index is 2.22. The van der Waals surface area contributed by atoms with Crippen molar-refractivity contribution < 1.29 is 9.18 Å². The third kappa shape index (κ3) is 3.79. The number of hydrogen-bond acceptors (Lipinski definition) is 3. The number of hydrogen-bond donors (Lipinski definition) is 1.